The van der Waals surface area contributed by atoms with Gasteiger partial charge >= 0.3 is 0 Å². The van der Waals surface area contributed by atoms with Crippen LogP contribution in [-0.4, -0.2) is 36.3 Å². The molecule has 2 N–H and O–H groups in total. The predicted octanol–water partition coefficient (Wildman–Crippen LogP) is 8.41. The molecule has 0 saturated heterocycles. The van der Waals surface area contributed by atoms with E-state index in [1.165, 1.54) is 0 Å². The second-order valence-electron chi connectivity index (χ2n) is 15.3. The van der Waals surface area contributed by atoms with E-state index in [1.54, 1.807) is 7.11 Å². The van der Waals surface area contributed by atoms with Gasteiger partial charge in [0, 0.05) is 53.0 Å². The van der Waals surface area contributed by atoms with Crippen LogP contribution in [0.5, 0.6) is 0 Å². The number of hydrogen-bond donors (Lipinski definition) is 2. The Morgan fingerprint density at radius 3 is 1.44 bits per heavy atom. The van der Waals surface area contributed by atoms with E-state index in [9.17, 15) is 10.2 Å². The summed E-state index contributed by atoms with van der Waals surface area (Å²) < 4.78 is 36.3. The van der Waals surface area contributed by atoms with E-state index in [2.05, 4.69) is 0 Å². The van der Waals surface area contributed by atoms with E-state index < -0.39 is 31.4 Å². The standard InChI is InChI=1S/C50H48O5P2/c1-55-37-48-41(31-33-57(54,44-24-10-4-11-25-44)45-26-12-5-13-27-45)35-40-19-15-17-29-47(40)50(48,52)49(51)36-38(34-39-18-14-16-28-46(39)49)30-32-56(53,42-20-6-2-7-21-42)43-22-8-3-9-23-43/h2-31,48,51-52H,32-37H2,1H3. The van der Waals surface area contributed by atoms with Crippen LogP contribution in [0.4, 0.5) is 0 Å². The lowest BCUT2D eigenvalue weighted by molar-refractivity contribution is -0.201. The Morgan fingerprint density at radius 2 is 0.965 bits per heavy atom. The Labute approximate surface area is 336 Å². The molecule has 0 aliphatic heterocycles. The molecule has 6 aromatic rings. The molecular weight excluding hydrogens is 742 g/mol. The lowest BCUT2D eigenvalue weighted by atomic mass is 9.56. The van der Waals surface area contributed by atoms with Gasteiger partial charge in [-0.25, -0.2) is 0 Å². The van der Waals surface area contributed by atoms with Crippen LogP contribution in [0.15, 0.2) is 193 Å². The van der Waals surface area contributed by atoms with Crippen LogP contribution in [0.3, 0.4) is 0 Å². The summed E-state index contributed by atoms with van der Waals surface area (Å²) in [5, 5.41) is 30.4. The minimum absolute atomic E-state index is 0.123. The number of hydrogen-bond acceptors (Lipinski definition) is 5. The monoisotopic (exact) mass is 790 g/mol. The van der Waals surface area contributed by atoms with Gasteiger partial charge in [0.1, 0.15) is 25.5 Å². The highest BCUT2D eigenvalue weighted by Crippen LogP contribution is 2.58. The summed E-state index contributed by atoms with van der Waals surface area (Å²) in [6.45, 7) is 0.123. The number of fused-ring (bicyclic) bond motifs is 2. The van der Waals surface area contributed by atoms with Crippen LogP contribution in [0.2, 0.25) is 0 Å². The highest BCUT2D eigenvalue weighted by atomic mass is 31.2. The largest absolute Gasteiger partial charge is 0.384 e. The molecule has 0 amide bonds. The van der Waals surface area contributed by atoms with Gasteiger partial charge in [-0.05, 0) is 35.1 Å². The van der Waals surface area contributed by atoms with Crippen LogP contribution in [0, 0.1) is 5.92 Å². The van der Waals surface area contributed by atoms with Crippen molar-refractivity contribution in [3.05, 3.63) is 215 Å². The molecule has 2 aliphatic carbocycles. The summed E-state index contributed by atoms with van der Waals surface area (Å²) in [5.41, 5.74) is 1.22. The van der Waals surface area contributed by atoms with Crippen molar-refractivity contribution >= 4 is 35.5 Å². The molecule has 0 bridgehead atoms. The third-order valence-corrected chi connectivity index (χ3v) is 18.0. The Kier molecular flexibility index (Phi) is 11.1. The molecule has 7 heteroatoms. The van der Waals surface area contributed by atoms with Gasteiger partial charge in [0.15, 0.2) is 0 Å². The van der Waals surface area contributed by atoms with Gasteiger partial charge in [0.05, 0.1) is 6.61 Å². The molecule has 8 rings (SSSR count). The lowest BCUT2D eigenvalue weighted by Gasteiger charge is -2.54. The zero-order valence-electron chi connectivity index (χ0n) is 32.2. The highest BCUT2D eigenvalue weighted by Gasteiger charge is 2.61. The third-order valence-electron chi connectivity index (χ3n) is 12.0. The Balaban J connectivity index is 1.26. The molecule has 0 heterocycles. The van der Waals surface area contributed by atoms with Crippen molar-refractivity contribution in [2.45, 2.75) is 30.5 Å². The first-order chi connectivity index (χ1) is 27.7. The van der Waals surface area contributed by atoms with Crippen molar-refractivity contribution in [3.63, 3.8) is 0 Å². The number of rotatable bonds is 11. The zero-order chi connectivity index (χ0) is 39.5. The number of allylic oxidation sites excluding steroid dienone is 2. The van der Waals surface area contributed by atoms with Crippen molar-refractivity contribution in [2.75, 3.05) is 26.0 Å². The second kappa shape index (κ2) is 16.2. The van der Waals surface area contributed by atoms with Crippen molar-refractivity contribution in [3.8, 4) is 0 Å². The molecule has 0 fully saturated rings. The number of methoxy groups -OCH3 is 1. The quantitative estimate of drug-likeness (QED) is 0.102. The van der Waals surface area contributed by atoms with Gasteiger partial charge in [-0.15, -0.1) is 0 Å². The average molecular weight is 791 g/mol. The van der Waals surface area contributed by atoms with E-state index in [0.29, 0.717) is 24.0 Å². The Bertz CT molecular complexity index is 2410. The van der Waals surface area contributed by atoms with E-state index in [1.807, 2.05) is 182 Å². The minimum Gasteiger partial charge on any atom is -0.384 e. The van der Waals surface area contributed by atoms with E-state index in [0.717, 1.165) is 43.5 Å². The summed E-state index contributed by atoms with van der Waals surface area (Å²) in [6.07, 6.45) is 5.77. The Hall–Kier alpha value is -4.86. The normalized spacial score (nSPS) is 22.2. The highest BCUT2D eigenvalue weighted by molar-refractivity contribution is 7.79. The SMILES string of the molecule is COCC1C(=CCP(=O)(c2ccccc2)c2ccccc2)Cc2ccccc2C1(O)C1(O)CC(=CCP(=O)(c2ccccc2)c2ccccc2)Cc2ccccc21. The fourth-order valence-electron chi connectivity index (χ4n) is 9.16. The third kappa shape index (κ3) is 7.07. The average Bonchev–Trinajstić information content (AvgIpc) is 3.27. The fraction of sp³-hybridized carbons (Fsp3) is 0.200. The van der Waals surface area contributed by atoms with Gasteiger partial charge in [-0.2, -0.15) is 0 Å². The van der Waals surface area contributed by atoms with Gasteiger partial charge in [-0.1, -0.05) is 193 Å². The van der Waals surface area contributed by atoms with Crippen molar-refractivity contribution in [1.29, 1.82) is 0 Å². The number of ether oxygens (including phenoxy) is 1. The first-order valence-corrected chi connectivity index (χ1v) is 23.4. The maximum Gasteiger partial charge on any atom is 0.146 e. The fourth-order valence-corrected chi connectivity index (χ4v) is 14.2. The number of aliphatic hydroxyl groups is 2. The summed E-state index contributed by atoms with van der Waals surface area (Å²) in [5.74, 6) is -0.686. The minimum atomic E-state index is -3.15. The maximum atomic E-state index is 15.2. The van der Waals surface area contributed by atoms with Gasteiger partial charge < -0.3 is 24.1 Å². The zero-order valence-corrected chi connectivity index (χ0v) is 33.9. The van der Waals surface area contributed by atoms with E-state index >= 15 is 9.13 Å². The van der Waals surface area contributed by atoms with Crippen LogP contribution in [0.1, 0.15) is 28.7 Å². The van der Waals surface area contributed by atoms with Crippen LogP contribution < -0.4 is 21.2 Å². The smallest absolute Gasteiger partial charge is 0.146 e. The molecule has 57 heavy (non-hydrogen) atoms. The molecule has 0 aromatic heterocycles. The van der Waals surface area contributed by atoms with Crippen LogP contribution in [-0.2, 0) is 37.9 Å². The first-order valence-electron chi connectivity index (χ1n) is 19.6. The molecule has 2 aliphatic rings. The summed E-state index contributed by atoms with van der Waals surface area (Å²) in [6, 6.07) is 54.1. The summed E-state index contributed by atoms with van der Waals surface area (Å²) >= 11 is 0. The topological polar surface area (TPSA) is 83.8 Å². The molecule has 5 nitrogen and oxygen atoms in total. The molecule has 0 radical (unpaired) electrons. The molecule has 288 valence electrons. The molecule has 0 saturated carbocycles. The molecule has 0 spiro atoms. The molecule has 6 aromatic carbocycles. The summed E-state index contributed by atoms with van der Waals surface area (Å²) in [4.78, 5) is 0. The number of benzene rings is 6. The van der Waals surface area contributed by atoms with Crippen LogP contribution in [0.25, 0.3) is 0 Å². The molecular formula is C50H48O5P2. The Morgan fingerprint density at radius 1 is 0.561 bits per heavy atom. The van der Waals surface area contributed by atoms with Crippen molar-refractivity contribution in [2.24, 2.45) is 5.92 Å². The van der Waals surface area contributed by atoms with Gasteiger partial charge in [0.2, 0.25) is 0 Å². The lowest BCUT2D eigenvalue weighted by Crippen LogP contribution is -2.59. The van der Waals surface area contributed by atoms with E-state index in [4.69, 9.17) is 4.74 Å². The summed E-state index contributed by atoms with van der Waals surface area (Å²) in [7, 11) is -4.63. The molecule has 3 atom stereocenters. The molecule has 3 unspecified atom stereocenters. The van der Waals surface area contributed by atoms with Gasteiger partial charge in [-0.3, -0.25) is 0 Å². The first kappa shape index (κ1) is 39.0. The predicted molar refractivity (Wildman–Crippen MR) is 233 cm³/mol. The van der Waals surface area contributed by atoms with Crippen molar-refractivity contribution in [1.82, 2.24) is 0 Å². The maximum absolute atomic E-state index is 15.2. The van der Waals surface area contributed by atoms with Crippen LogP contribution >= 0.6 is 14.3 Å². The van der Waals surface area contributed by atoms with Crippen molar-refractivity contribution < 1.29 is 24.1 Å². The van der Waals surface area contributed by atoms with E-state index in [-0.39, 0.29) is 25.4 Å². The second-order valence-corrected chi connectivity index (χ2v) is 21.1. The van der Waals surface area contributed by atoms with Gasteiger partial charge in [0.25, 0.3) is 0 Å².